The molecule has 0 atom stereocenters. The highest BCUT2D eigenvalue weighted by Crippen LogP contribution is 2.18. The fraction of sp³-hybridized carbons (Fsp3) is 0.400. The molecular formula is C20H28N4O. The van der Waals surface area contributed by atoms with Gasteiger partial charge in [0.05, 0.1) is 6.54 Å². The number of carbonyl (C=O) groups excluding carboxylic acids is 1. The van der Waals surface area contributed by atoms with Crippen molar-refractivity contribution < 1.29 is 4.79 Å². The van der Waals surface area contributed by atoms with E-state index in [1.165, 1.54) is 16.3 Å². The number of nitrogens with one attached hydrogen (secondary N) is 3. The second kappa shape index (κ2) is 8.51. The minimum atomic E-state index is -0.232. The van der Waals surface area contributed by atoms with Gasteiger partial charge in [0.1, 0.15) is 0 Å². The Bertz CT molecular complexity index is 741. The third-order valence-corrected chi connectivity index (χ3v) is 3.72. The predicted octanol–water partition coefficient (Wildman–Crippen LogP) is 2.46. The highest BCUT2D eigenvalue weighted by Gasteiger charge is 2.13. The first-order valence-corrected chi connectivity index (χ1v) is 8.61. The summed E-state index contributed by atoms with van der Waals surface area (Å²) in [6.45, 7) is 6.83. The lowest BCUT2D eigenvalue weighted by Gasteiger charge is -2.21. The van der Waals surface area contributed by atoms with Gasteiger partial charge in [-0.05, 0) is 43.5 Å². The normalized spacial score (nSPS) is 12.1. The van der Waals surface area contributed by atoms with Crippen molar-refractivity contribution in [3.63, 3.8) is 0 Å². The van der Waals surface area contributed by atoms with Crippen LogP contribution in [-0.4, -0.2) is 37.5 Å². The van der Waals surface area contributed by atoms with Gasteiger partial charge in [0, 0.05) is 19.1 Å². The molecule has 0 aromatic heterocycles. The molecule has 0 aliphatic heterocycles. The Kier molecular flexibility index (Phi) is 6.39. The average Bonchev–Trinajstić information content (AvgIpc) is 2.56. The highest BCUT2D eigenvalue weighted by molar-refractivity contribution is 5.87. The molecule has 0 aliphatic carbocycles. The van der Waals surface area contributed by atoms with E-state index in [0.717, 1.165) is 13.0 Å². The Balaban J connectivity index is 1.84. The molecule has 2 aromatic carbocycles. The van der Waals surface area contributed by atoms with Crippen LogP contribution in [0.3, 0.4) is 0 Å². The minimum absolute atomic E-state index is 0.0514. The number of fused-ring (bicyclic) bond motifs is 1. The van der Waals surface area contributed by atoms with E-state index >= 15 is 0 Å². The number of carbonyl (C=O) groups is 1. The quantitative estimate of drug-likeness (QED) is 0.579. The molecule has 3 N–H and O–H groups in total. The van der Waals surface area contributed by atoms with E-state index in [4.69, 9.17) is 0 Å². The van der Waals surface area contributed by atoms with Crippen molar-refractivity contribution >= 4 is 22.6 Å². The van der Waals surface area contributed by atoms with E-state index in [-0.39, 0.29) is 18.0 Å². The SMILES string of the molecule is CN=C(NCCc1cccc2ccccc12)NCC(=O)NC(C)(C)C. The summed E-state index contributed by atoms with van der Waals surface area (Å²) in [6.07, 6.45) is 0.885. The third kappa shape index (κ3) is 6.10. The molecule has 0 fully saturated rings. The van der Waals surface area contributed by atoms with Crippen molar-refractivity contribution in [1.29, 1.82) is 0 Å². The summed E-state index contributed by atoms with van der Waals surface area (Å²) >= 11 is 0. The number of aliphatic imine (C=N–C) groups is 1. The van der Waals surface area contributed by atoms with Gasteiger partial charge >= 0.3 is 0 Å². The molecule has 0 spiro atoms. The topological polar surface area (TPSA) is 65.5 Å². The van der Waals surface area contributed by atoms with Crippen molar-refractivity contribution in [2.45, 2.75) is 32.7 Å². The van der Waals surface area contributed by atoms with Gasteiger partial charge in [0.15, 0.2) is 5.96 Å². The molecule has 0 saturated heterocycles. The van der Waals surface area contributed by atoms with Crippen LogP contribution in [0.25, 0.3) is 10.8 Å². The molecule has 1 amide bonds. The van der Waals surface area contributed by atoms with Crippen LogP contribution in [0.1, 0.15) is 26.3 Å². The average molecular weight is 340 g/mol. The van der Waals surface area contributed by atoms with Gasteiger partial charge in [-0.2, -0.15) is 0 Å². The lowest BCUT2D eigenvalue weighted by atomic mass is 10.0. The van der Waals surface area contributed by atoms with E-state index in [0.29, 0.717) is 5.96 Å². The standard InChI is InChI=1S/C20H28N4O/c1-20(2,3)24-18(25)14-23-19(21-4)22-13-12-16-10-7-9-15-8-5-6-11-17(15)16/h5-11H,12-14H2,1-4H3,(H,24,25)(H2,21,22,23). The van der Waals surface area contributed by atoms with E-state index < -0.39 is 0 Å². The molecule has 0 aliphatic rings. The molecular weight excluding hydrogens is 312 g/mol. The zero-order valence-electron chi connectivity index (χ0n) is 15.5. The maximum Gasteiger partial charge on any atom is 0.239 e. The lowest BCUT2D eigenvalue weighted by Crippen LogP contribution is -2.48. The Morgan fingerprint density at radius 3 is 2.48 bits per heavy atom. The first-order chi connectivity index (χ1) is 11.9. The van der Waals surface area contributed by atoms with Crippen LogP contribution in [0.5, 0.6) is 0 Å². The number of guanidine groups is 1. The van der Waals surface area contributed by atoms with Gasteiger partial charge in [-0.1, -0.05) is 42.5 Å². The van der Waals surface area contributed by atoms with E-state index in [2.05, 4.69) is 63.4 Å². The van der Waals surface area contributed by atoms with Crippen molar-refractivity contribution in [2.75, 3.05) is 20.1 Å². The summed E-state index contributed by atoms with van der Waals surface area (Å²) in [5.41, 5.74) is 1.07. The summed E-state index contributed by atoms with van der Waals surface area (Å²) in [5.74, 6) is 0.578. The number of rotatable bonds is 5. The van der Waals surface area contributed by atoms with Crippen LogP contribution in [-0.2, 0) is 11.2 Å². The zero-order chi connectivity index (χ0) is 18.3. The minimum Gasteiger partial charge on any atom is -0.356 e. The van der Waals surface area contributed by atoms with Gasteiger partial charge in [-0.15, -0.1) is 0 Å². The number of nitrogens with zero attached hydrogens (tertiary/aromatic N) is 1. The second-order valence-corrected chi connectivity index (χ2v) is 7.04. The fourth-order valence-corrected chi connectivity index (χ4v) is 2.67. The third-order valence-electron chi connectivity index (χ3n) is 3.72. The smallest absolute Gasteiger partial charge is 0.239 e. The van der Waals surface area contributed by atoms with E-state index in [9.17, 15) is 4.79 Å². The van der Waals surface area contributed by atoms with Gasteiger partial charge in [0.25, 0.3) is 0 Å². The molecule has 5 heteroatoms. The first-order valence-electron chi connectivity index (χ1n) is 8.61. The molecule has 0 unspecified atom stereocenters. The van der Waals surface area contributed by atoms with Crippen LogP contribution in [0.2, 0.25) is 0 Å². The fourth-order valence-electron chi connectivity index (χ4n) is 2.67. The lowest BCUT2D eigenvalue weighted by molar-refractivity contribution is -0.121. The molecule has 0 bridgehead atoms. The van der Waals surface area contributed by atoms with Crippen molar-refractivity contribution in [2.24, 2.45) is 4.99 Å². The molecule has 0 radical (unpaired) electrons. The van der Waals surface area contributed by atoms with Crippen LogP contribution in [0, 0.1) is 0 Å². The second-order valence-electron chi connectivity index (χ2n) is 7.04. The Morgan fingerprint density at radius 1 is 1.04 bits per heavy atom. The number of benzene rings is 2. The van der Waals surface area contributed by atoms with Gasteiger partial charge in [-0.3, -0.25) is 9.79 Å². The molecule has 0 saturated carbocycles. The van der Waals surface area contributed by atoms with Crippen LogP contribution < -0.4 is 16.0 Å². The molecule has 0 heterocycles. The van der Waals surface area contributed by atoms with Crippen LogP contribution >= 0.6 is 0 Å². The van der Waals surface area contributed by atoms with Gasteiger partial charge in [0.2, 0.25) is 5.91 Å². The molecule has 134 valence electrons. The maximum absolute atomic E-state index is 11.9. The van der Waals surface area contributed by atoms with Crippen molar-refractivity contribution in [3.8, 4) is 0 Å². The molecule has 5 nitrogen and oxygen atoms in total. The summed E-state index contributed by atoms with van der Waals surface area (Å²) < 4.78 is 0. The zero-order valence-corrected chi connectivity index (χ0v) is 15.5. The summed E-state index contributed by atoms with van der Waals surface area (Å²) in [7, 11) is 1.70. The summed E-state index contributed by atoms with van der Waals surface area (Å²) in [4.78, 5) is 16.0. The predicted molar refractivity (Wildman–Crippen MR) is 105 cm³/mol. The molecule has 25 heavy (non-hydrogen) atoms. The molecule has 2 aromatic rings. The monoisotopic (exact) mass is 340 g/mol. The van der Waals surface area contributed by atoms with Gasteiger partial charge < -0.3 is 16.0 Å². The van der Waals surface area contributed by atoms with E-state index in [1.54, 1.807) is 7.05 Å². The van der Waals surface area contributed by atoms with Crippen LogP contribution in [0.4, 0.5) is 0 Å². The Labute approximate surface area is 149 Å². The van der Waals surface area contributed by atoms with Crippen molar-refractivity contribution in [3.05, 3.63) is 48.0 Å². The number of amides is 1. The number of hydrogen-bond donors (Lipinski definition) is 3. The van der Waals surface area contributed by atoms with E-state index in [1.807, 2.05) is 20.8 Å². The summed E-state index contributed by atoms with van der Waals surface area (Å²) in [5, 5.41) is 11.7. The summed E-state index contributed by atoms with van der Waals surface area (Å²) in [6, 6.07) is 14.8. The van der Waals surface area contributed by atoms with Crippen molar-refractivity contribution in [1.82, 2.24) is 16.0 Å². The van der Waals surface area contributed by atoms with Gasteiger partial charge in [-0.25, -0.2) is 0 Å². The maximum atomic E-state index is 11.9. The molecule has 2 rings (SSSR count). The highest BCUT2D eigenvalue weighted by atomic mass is 16.2. The number of hydrogen-bond acceptors (Lipinski definition) is 2. The first kappa shape index (κ1) is 18.8. The Morgan fingerprint density at radius 2 is 1.76 bits per heavy atom. The largest absolute Gasteiger partial charge is 0.356 e. The van der Waals surface area contributed by atoms with Crippen LogP contribution in [0.15, 0.2) is 47.5 Å². The Hall–Kier alpha value is -2.56.